The monoisotopic (exact) mass is 469 g/mol. The molecule has 0 fully saturated rings. The number of halogens is 4. The van der Waals surface area contributed by atoms with Crippen LogP contribution in [0.5, 0.6) is 0 Å². The molecule has 2 aromatic heterocycles. The van der Waals surface area contributed by atoms with E-state index in [2.05, 4.69) is 26.9 Å². The molecular weight excluding hydrogens is 451 g/mol. The first kappa shape index (κ1) is 21.5. The van der Waals surface area contributed by atoms with Gasteiger partial charge in [-0.25, -0.2) is 4.40 Å². The maximum atomic E-state index is 13.3. The summed E-state index contributed by atoms with van der Waals surface area (Å²) in [5.41, 5.74) is 1.12. The van der Waals surface area contributed by atoms with Crippen molar-refractivity contribution >= 4 is 39.8 Å². The van der Waals surface area contributed by atoms with E-state index in [0.717, 1.165) is 48.8 Å². The first-order valence-electron chi connectivity index (χ1n) is 10.5. The van der Waals surface area contributed by atoms with Gasteiger partial charge in [-0.05, 0) is 68.1 Å². The predicted octanol–water partition coefficient (Wildman–Crippen LogP) is 5.96. The van der Waals surface area contributed by atoms with E-state index < -0.39 is 11.6 Å². The normalized spacial score (nSPS) is 14.3. The standard InChI is InChI=1S/C24H19ClF3N5/c1-23(2,24(26,27)28)13-12-15-7-5-11-18-16(15)9-6-14-32(18)20-17-8-3-4-10-19(17)33-21(25)30-31-22(33)29-20/h3-5,7-8,10-11H,6,9,14H2,1-2H3. The highest BCUT2D eigenvalue weighted by Gasteiger charge is 2.46. The summed E-state index contributed by atoms with van der Waals surface area (Å²) in [5, 5.41) is 9.13. The Bertz CT molecular complexity index is 1450. The molecule has 168 valence electrons. The molecule has 4 aromatic rings. The van der Waals surface area contributed by atoms with E-state index >= 15 is 0 Å². The molecule has 33 heavy (non-hydrogen) atoms. The first-order chi connectivity index (χ1) is 15.7. The Morgan fingerprint density at radius 3 is 2.61 bits per heavy atom. The molecule has 0 N–H and O–H groups in total. The van der Waals surface area contributed by atoms with Crippen molar-refractivity contribution in [2.24, 2.45) is 5.41 Å². The quantitative estimate of drug-likeness (QED) is 0.323. The molecule has 0 atom stereocenters. The smallest absolute Gasteiger partial charge is 0.325 e. The number of alkyl halides is 3. The lowest BCUT2D eigenvalue weighted by atomic mass is 9.91. The van der Waals surface area contributed by atoms with Crippen molar-refractivity contribution in [1.29, 1.82) is 0 Å². The molecule has 2 aromatic carbocycles. The number of rotatable bonds is 1. The van der Waals surface area contributed by atoms with Crippen molar-refractivity contribution in [3.63, 3.8) is 0 Å². The number of hydrogen-bond donors (Lipinski definition) is 0. The number of benzene rings is 2. The fourth-order valence-electron chi connectivity index (χ4n) is 4.01. The zero-order chi connectivity index (χ0) is 23.4. The van der Waals surface area contributed by atoms with Gasteiger partial charge in [-0.15, -0.1) is 10.2 Å². The van der Waals surface area contributed by atoms with Gasteiger partial charge < -0.3 is 4.90 Å². The Kier molecular flexibility index (Phi) is 4.98. The zero-order valence-corrected chi connectivity index (χ0v) is 18.7. The van der Waals surface area contributed by atoms with Crippen LogP contribution in [0.15, 0.2) is 42.5 Å². The van der Waals surface area contributed by atoms with Gasteiger partial charge in [-0.1, -0.05) is 30.0 Å². The summed E-state index contributed by atoms with van der Waals surface area (Å²) < 4.78 is 41.6. The molecule has 0 saturated heterocycles. The third-order valence-corrected chi connectivity index (χ3v) is 6.17. The second kappa shape index (κ2) is 7.63. The molecule has 0 spiro atoms. The topological polar surface area (TPSA) is 46.3 Å². The maximum absolute atomic E-state index is 13.3. The van der Waals surface area contributed by atoms with Crippen molar-refractivity contribution in [1.82, 2.24) is 19.6 Å². The fraction of sp³-hybridized carbons (Fsp3) is 0.292. The second-order valence-corrected chi connectivity index (χ2v) is 8.83. The Balaban J connectivity index is 1.67. The summed E-state index contributed by atoms with van der Waals surface area (Å²) in [5.74, 6) is 6.31. The third-order valence-electron chi connectivity index (χ3n) is 5.92. The minimum absolute atomic E-state index is 0.226. The SMILES string of the molecule is CC(C)(C#Cc1cccc2c1CCCN2c1nc2nnc(Cl)n2c2ccccc12)C(F)(F)F. The lowest BCUT2D eigenvalue weighted by molar-refractivity contribution is -0.190. The van der Waals surface area contributed by atoms with Crippen LogP contribution >= 0.6 is 11.6 Å². The van der Waals surface area contributed by atoms with Gasteiger partial charge in [0.2, 0.25) is 5.28 Å². The average Bonchev–Trinajstić information content (AvgIpc) is 3.17. The van der Waals surface area contributed by atoms with Crippen molar-refractivity contribution in [2.45, 2.75) is 32.9 Å². The highest BCUT2D eigenvalue weighted by atomic mass is 35.5. The summed E-state index contributed by atoms with van der Waals surface area (Å²) >= 11 is 6.24. The van der Waals surface area contributed by atoms with Gasteiger partial charge in [-0.2, -0.15) is 18.2 Å². The Labute approximate surface area is 193 Å². The van der Waals surface area contributed by atoms with Gasteiger partial charge in [0.15, 0.2) is 0 Å². The minimum Gasteiger partial charge on any atom is -0.325 e. The van der Waals surface area contributed by atoms with Crippen LogP contribution in [0.4, 0.5) is 24.7 Å². The fourth-order valence-corrected chi connectivity index (χ4v) is 4.22. The van der Waals surface area contributed by atoms with Crippen LogP contribution in [-0.4, -0.2) is 32.3 Å². The highest BCUT2D eigenvalue weighted by molar-refractivity contribution is 6.29. The number of para-hydroxylation sites is 1. The summed E-state index contributed by atoms with van der Waals surface area (Å²) in [7, 11) is 0. The van der Waals surface area contributed by atoms with Crippen LogP contribution in [0.2, 0.25) is 5.28 Å². The van der Waals surface area contributed by atoms with Crippen molar-refractivity contribution in [3.05, 3.63) is 58.9 Å². The van der Waals surface area contributed by atoms with E-state index in [4.69, 9.17) is 16.6 Å². The molecule has 5 nitrogen and oxygen atoms in total. The maximum Gasteiger partial charge on any atom is 0.404 e. The average molecular weight is 470 g/mol. The Morgan fingerprint density at radius 2 is 1.82 bits per heavy atom. The first-order valence-corrected chi connectivity index (χ1v) is 10.8. The molecule has 1 aliphatic heterocycles. The summed E-state index contributed by atoms with van der Waals surface area (Å²) in [6.45, 7) is 2.89. The summed E-state index contributed by atoms with van der Waals surface area (Å²) in [4.78, 5) is 6.81. The number of hydrogen-bond acceptors (Lipinski definition) is 4. The van der Waals surface area contributed by atoms with Crippen molar-refractivity contribution in [2.75, 3.05) is 11.4 Å². The van der Waals surface area contributed by atoms with E-state index in [1.807, 2.05) is 36.4 Å². The predicted molar refractivity (Wildman–Crippen MR) is 122 cm³/mol. The molecular formula is C24H19ClF3N5. The van der Waals surface area contributed by atoms with Gasteiger partial charge in [-0.3, -0.25) is 0 Å². The molecule has 0 radical (unpaired) electrons. The largest absolute Gasteiger partial charge is 0.404 e. The molecule has 1 aliphatic rings. The Hall–Kier alpha value is -3.31. The molecule has 0 bridgehead atoms. The minimum atomic E-state index is -4.40. The van der Waals surface area contributed by atoms with E-state index in [-0.39, 0.29) is 5.28 Å². The van der Waals surface area contributed by atoms with Gasteiger partial charge >= 0.3 is 6.18 Å². The van der Waals surface area contributed by atoms with E-state index in [9.17, 15) is 13.2 Å². The summed E-state index contributed by atoms with van der Waals surface area (Å²) in [6.07, 6.45) is -2.87. The van der Waals surface area contributed by atoms with Crippen molar-refractivity contribution in [3.8, 4) is 11.8 Å². The molecule has 0 amide bonds. The molecule has 0 unspecified atom stereocenters. The van der Waals surface area contributed by atoms with Crippen LogP contribution in [0.3, 0.4) is 0 Å². The van der Waals surface area contributed by atoms with Crippen LogP contribution in [0.25, 0.3) is 16.7 Å². The number of anilines is 2. The zero-order valence-electron chi connectivity index (χ0n) is 17.9. The van der Waals surface area contributed by atoms with Gasteiger partial charge in [0.1, 0.15) is 11.2 Å². The summed E-state index contributed by atoms with van der Waals surface area (Å²) in [6, 6.07) is 13.2. The van der Waals surface area contributed by atoms with E-state index in [1.165, 1.54) is 0 Å². The molecule has 3 heterocycles. The van der Waals surface area contributed by atoms with Crippen LogP contribution in [0.1, 0.15) is 31.4 Å². The van der Waals surface area contributed by atoms with Gasteiger partial charge in [0.05, 0.1) is 5.52 Å². The van der Waals surface area contributed by atoms with Crippen LogP contribution < -0.4 is 4.90 Å². The van der Waals surface area contributed by atoms with Crippen LogP contribution in [-0.2, 0) is 6.42 Å². The van der Waals surface area contributed by atoms with Gasteiger partial charge in [0, 0.05) is 23.2 Å². The molecule has 5 rings (SSSR count). The number of aromatic nitrogens is 4. The van der Waals surface area contributed by atoms with E-state index in [1.54, 1.807) is 10.5 Å². The lowest BCUT2D eigenvalue weighted by Gasteiger charge is -2.32. The highest BCUT2D eigenvalue weighted by Crippen LogP contribution is 2.39. The molecule has 0 saturated carbocycles. The van der Waals surface area contributed by atoms with E-state index in [0.29, 0.717) is 23.7 Å². The number of nitrogens with zero attached hydrogens (tertiary/aromatic N) is 5. The Morgan fingerprint density at radius 1 is 1.03 bits per heavy atom. The van der Waals surface area contributed by atoms with Crippen LogP contribution in [0, 0.1) is 17.3 Å². The van der Waals surface area contributed by atoms with Crippen molar-refractivity contribution < 1.29 is 13.2 Å². The second-order valence-electron chi connectivity index (χ2n) is 8.49. The van der Waals surface area contributed by atoms with Gasteiger partial charge in [0.25, 0.3) is 5.78 Å². The third kappa shape index (κ3) is 3.57. The molecule has 9 heteroatoms. The lowest BCUT2D eigenvalue weighted by Crippen LogP contribution is -2.30. The molecule has 0 aliphatic carbocycles. The number of fused-ring (bicyclic) bond motifs is 4.